The fourth-order valence-electron chi connectivity index (χ4n) is 1.36. The second-order valence-electron chi connectivity index (χ2n) is 3.60. The summed E-state index contributed by atoms with van der Waals surface area (Å²) in [5.74, 6) is -0.114. The van der Waals surface area contributed by atoms with Gasteiger partial charge < -0.3 is 19.9 Å². The molecule has 1 aromatic heterocycles. The Bertz CT molecular complexity index is 386. The van der Waals surface area contributed by atoms with Crippen LogP contribution in [0.3, 0.4) is 0 Å². The normalized spacial score (nSPS) is 11.9. The molecule has 1 heterocycles. The number of esters is 1. The van der Waals surface area contributed by atoms with Crippen LogP contribution in [-0.2, 0) is 9.47 Å². The molecule has 0 aromatic carbocycles. The van der Waals surface area contributed by atoms with Gasteiger partial charge in [0.2, 0.25) is 0 Å². The number of hydrogen-bond acceptors (Lipinski definition) is 7. The quantitative estimate of drug-likeness (QED) is 0.666. The van der Waals surface area contributed by atoms with Crippen LogP contribution in [-0.4, -0.2) is 54.5 Å². The first kappa shape index (κ1) is 14.3. The largest absolute Gasteiger partial charge is 0.465 e. The molecule has 0 amide bonds. The van der Waals surface area contributed by atoms with Gasteiger partial charge in [-0.3, -0.25) is 0 Å². The molecule has 0 fully saturated rings. The standard InChI is InChI=1S/C11H17N3O4/c1-17-6-8(15)3-4-13-10-9(11(16)18-2)5-12-7-14-10/h5,7-8,15H,3-4,6H2,1-2H3,(H,12,13,14). The van der Waals surface area contributed by atoms with Crippen LogP contribution in [0.4, 0.5) is 5.82 Å². The zero-order valence-electron chi connectivity index (χ0n) is 10.4. The smallest absolute Gasteiger partial charge is 0.343 e. The molecule has 0 saturated heterocycles. The van der Waals surface area contributed by atoms with Crippen molar-refractivity contribution in [1.82, 2.24) is 9.97 Å². The Balaban J connectivity index is 2.54. The SMILES string of the molecule is COCC(O)CCNc1ncncc1C(=O)OC. The van der Waals surface area contributed by atoms with Crippen LogP contribution in [0, 0.1) is 0 Å². The van der Waals surface area contributed by atoms with E-state index in [-0.39, 0.29) is 12.2 Å². The number of methoxy groups -OCH3 is 2. The molecule has 0 aliphatic heterocycles. The van der Waals surface area contributed by atoms with Crippen molar-refractivity contribution in [3.63, 3.8) is 0 Å². The predicted octanol–water partition coefficient (Wildman–Crippen LogP) is 0.0725. The summed E-state index contributed by atoms with van der Waals surface area (Å²) in [5, 5.41) is 12.4. The van der Waals surface area contributed by atoms with Crippen LogP contribution < -0.4 is 5.32 Å². The van der Waals surface area contributed by atoms with E-state index in [1.165, 1.54) is 26.7 Å². The van der Waals surface area contributed by atoms with Gasteiger partial charge in [0.15, 0.2) is 0 Å². The van der Waals surface area contributed by atoms with Gasteiger partial charge in [-0.25, -0.2) is 14.8 Å². The second kappa shape index (κ2) is 7.57. The maximum absolute atomic E-state index is 11.4. The van der Waals surface area contributed by atoms with E-state index >= 15 is 0 Å². The van der Waals surface area contributed by atoms with Crippen LogP contribution in [0.5, 0.6) is 0 Å². The summed E-state index contributed by atoms with van der Waals surface area (Å²) >= 11 is 0. The number of aliphatic hydroxyl groups is 1. The lowest BCUT2D eigenvalue weighted by molar-refractivity contribution is 0.0600. The van der Waals surface area contributed by atoms with Crippen molar-refractivity contribution in [1.29, 1.82) is 0 Å². The monoisotopic (exact) mass is 255 g/mol. The highest BCUT2D eigenvalue weighted by Gasteiger charge is 2.13. The van der Waals surface area contributed by atoms with E-state index in [4.69, 9.17) is 4.74 Å². The summed E-state index contributed by atoms with van der Waals surface area (Å²) in [6, 6.07) is 0. The third kappa shape index (κ3) is 4.27. The van der Waals surface area contributed by atoms with Gasteiger partial charge in [-0.15, -0.1) is 0 Å². The van der Waals surface area contributed by atoms with Gasteiger partial charge in [-0.05, 0) is 6.42 Å². The Morgan fingerprint density at radius 2 is 2.33 bits per heavy atom. The highest BCUT2D eigenvalue weighted by molar-refractivity contribution is 5.94. The first-order valence-corrected chi connectivity index (χ1v) is 5.48. The van der Waals surface area contributed by atoms with Crippen molar-refractivity contribution in [2.24, 2.45) is 0 Å². The molecular formula is C11H17N3O4. The van der Waals surface area contributed by atoms with Crippen LogP contribution in [0.1, 0.15) is 16.8 Å². The molecule has 1 rings (SSSR count). The lowest BCUT2D eigenvalue weighted by Gasteiger charge is -2.11. The van der Waals surface area contributed by atoms with Gasteiger partial charge in [0.1, 0.15) is 17.7 Å². The Morgan fingerprint density at radius 1 is 1.56 bits per heavy atom. The first-order valence-electron chi connectivity index (χ1n) is 5.48. The first-order chi connectivity index (χ1) is 8.69. The van der Waals surface area contributed by atoms with Crippen molar-refractivity contribution in [2.75, 3.05) is 32.7 Å². The maximum atomic E-state index is 11.4. The molecule has 18 heavy (non-hydrogen) atoms. The Morgan fingerprint density at radius 3 is 3.00 bits per heavy atom. The van der Waals surface area contributed by atoms with E-state index in [1.807, 2.05) is 0 Å². The molecule has 0 saturated carbocycles. The number of ether oxygens (including phenoxy) is 2. The van der Waals surface area contributed by atoms with E-state index in [0.29, 0.717) is 18.8 Å². The van der Waals surface area contributed by atoms with E-state index in [1.54, 1.807) is 0 Å². The Kier molecular flexibility index (Phi) is 6.03. The van der Waals surface area contributed by atoms with Crippen LogP contribution in [0.2, 0.25) is 0 Å². The number of nitrogens with zero attached hydrogens (tertiary/aromatic N) is 2. The molecule has 0 aliphatic carbocycles. The summed E-state index contributed by atoms with van der Waals surface area (Å²) in [7, 11) is 2.82. The van der Waals surface area contributed by atoms with Gasteiger partial charge in [-0.2, -0.15) is 0 Å². The summed E-state index contributed by atoms with van der Waals surface area (Å²) in [4.78, 5) is 19.1. The fraction of sp³-hybridized carbons (Fsp3) is 0.545. The number of aromatic nitrogens is 2. The van der Waals surface area contributed by atoms with E-state index in [0.717, 1.165) is 0 Å². The highest BCUT2D eigenvalue weighted by atomic mass is 16.5. The minimum absolute atomic E-state index is 0.265. The highest BCUT2D eigenvalue weighted by Crippen LogP contribution is 2.11. The van der Waals surface area contributed by atoms with E-state index < -0.39 is 12.1 Å². The number of carbonyl (C=O) groups excluding carboxylic acids is 1. The molecule has 7 nitrogen and oxygen atoms in total. The van der Waals surface area contributed by atoms with Gasteiger partial charge in [0.05, 0.1) is 19.8 Å². The number of carbonyl (C=O) groups is 1. The summed E-state index contributed by atoms with van der Waals surface area (Å²) < 4.78 is 9.42. The summed E-state index contributed by atoms with van der Waals surface area (Å²) in [5.41, 5.74) is 0.265. The fourth-order valence-corrected chi connectivity index (χ4v) is 1.36. The lowest BCUT2D eigenvalue weighted by Crippen LogP contribution is -2.19. The number of rotatable bonds is 7. The third-order valence-electron chi connectivity index (χ3n) is 2.25. The topological polar surface area (TPSA) is 93.6 Å². The zero-order chi connectivity index (χ0) is 13.4. The summed E-state index contributed by atoms with van der Waals surface area (Å²) in [6.45, 7) is 0.737. The number of anilines is 1. The van der Waals surface area contributed by atoms with Gasteiger partial charge in [0.25, 0.3) is 0 Å². The molecule has 0 spiro atoms. The molecule has 1 aromatic rings. The molecule has 0 aliphatic rings. The van der Waals surface area contributed by atoms with E-state index in [9.17, 15) is 9.90 Å². The van der Waals surface area contributed by atoms with Crippen molar-refractivity contribution in [2.45, 2.75) is 12.5 Å². The zero-order valence-corrected chi connectivity index (χ0v) is 10.4. The maximum Gasteiger partial charge on any atom is 0.343 e. The third-order valence-corrected chi connectivity index (χ3v) is 2.25. The molecule has 0 radical (unpaired) electrons. The number of aliphatic hydroxyl groups excluding tert-OH is 1. The van der Waals surface area contributed by atoms with Crippen LogP contribution >= 0.6 is 0 Å². The minimum atomic E-state index is -0.550. The van der Waals surface area contributed by atoms with Crippen molar-refractivity contribution in [3.8, 4) is 0 Å². The molecule has 1 atom stereocenters. The van der Waals surface area contributed by atoms with Crippen molar-refractivity contribution < 1.29 is 19.4 Å². The van der Waals surface area contributed by atoms with E-state index in [2.05, 4.69) is 20.0 Å². The lowest BCUT2D eigenvalue weighted by atomic mass is 10.2. The Hall–Kier alpha value is -1.73. The molecule has 0 bridgehead atoms. The molecule has 1 unspecified atom stereocenters. The van der Waals surface area contributed by atoms with Crippen molar-refractivity contribution >= 4 is 11.8 Å². The van der Waals surface area contributed by atoms with Gasteiger partial charge in [-0.1, -0.05) is 0 Å². The molecule has 2 N–H and O–H groups in total. The number of hydrogen-bond donors (Lipinski definition) is 2. The molecular weight excluding hydrogens is 238 g/mol. The molecule has 100 valence electrons. The Labute approximate surface area is 105 Å². The molecule has 7 heteroatoms. The van der Waals surface area contributed by atoms with Crippen molar-refractivity contribution in [3.05, 3.63) is 18.1 Å². The number of nitrogens with one attached hydrogen (secondary N) is 1. The summed E-state index contributed by atoms with van der Waals surface area (Å²) in [6.07, 6.45) is 2.65. The van der Waals surface area contributed by atoms with Crippen LogP contribution in [0.25, 0.3) is 0 Å². The average Bonchev–Trinajstić information content (AvgIpc) is 2.39. The minimum Gasteiger partial charge on any atom is -0.465 e. The van der Waals surface area contributed by atoms with Gasteiger partial charge in [0, 0.05) is 19.9 Å². The second-order valence-corrected chi connectivity index (χ2v) is 3.60. The van der Waals surface area contributed by atoms with Gasteiger partial charge >= 0.3 is 5.97 Å². The average molecular weight is 255 g/mol. The predicted molar refractivity (Wildman–Crippen MR) is 64.4 cm³/mol. The van der Waals surface area contributed by atoms with Crippen LogP contribution in [0.15, 0.2) is 12.5 Å².